The minimum Gasteiger partial charge on any atom is -0.398 e. The van der Waals surface area contributed by atoms with Crippen LogP contribution in [0.5, 0.6) is 0 Å². The van der Waals surface area contributed by atoms with E-state index in [2.05, 4.69) is 31.2 Å². The number of nitrogens with two attached hydrogens (primary N) is 1. The molecule has 0 fully saturated rings. The smallest absolute Gasteiger partial charge is 0.124 e. The molecule has 0 bridgehead atoms. The molecule has 0 radical (unpaired) electrons. The zero-order chi connectivity index (χ0) is 13.7. The first-order valence-corrected chi connectivity index (χ1v) is 7.99. The van der Waals surface area contributed by atoms with E-state index in [1.807, 2.05) is 0 Å². The molecule has 2 rings (SSSR count). The van der Waals surface area contributed by atoms with E-state index in [1.165, 1.54) is 22.6 Å². The second-order valence-corrected chi connectivity index (χ2v) is 6.50. The molecule has 0 atom stereocenters. The summed E-state index contributed by atoms with van der Waals surface area (Å²) in [4.78, 5) is 2.09. The van der Waals surface area contributed by atoms with Crippen LogP contribution in [0, 0.1) is 12.7 Å². The topological polar surface area (TPSA) is 26.0 Å². The third kappa shape index (κ3) is 4.48. The van der Waals surface area contributed by atoms with Crippen LogP contribution in [0.1, 0.15) is 5.56 Å². The highest BCUT2D eigenvalue weighted by atomic mass is 32.2. The Kier molecular flexibility index (Phi) is 5.16. The lowest BCUT2D eigenvalue weighted by molar-refractivity contribution is 0.624. The molecule has 0 saturated carbocycles. The van der Waals surface area contributed by atoms with Crippen molar-refractivity contribution in [1.29, 1.82) is 0 Å². The zero-order valence-corrected chi connectivity index (χ0v) is 12.4. The van der Waals surface area contributed by atoms with Gasteiger partial charge in [0.25, 0.3) is 0 Å². The molecule has 2 aromatic carbocycles. The van der Waals surface area contributed by atoms with E-state index in [4.69, 9.17) is 5.73 Å². The molecule has 0 aliphatic heterocycles. The fraction of sp³-hybridized carbons (Fsp3) is 0.200. The molecular weight excluding hydrogens is 277 g/mol. The van der Waals surface area contributed by atoms with Gasteiger partial charge in [-0.1, -0.05) is 17.7 Å². The largest absolute Gasteiger partial charge is 0.398 e. The minimum atomic E-state index is -0.233. The average molecular weight is 293 g/mol. The van der Waals surface area contributed by atoms with Crippen molar-refractivity contribution >= 4 is 29.2 Å². The maximum absolute atomic E-state index is 13.1. The molecule has 0 aliphatic carbocycles. The summed E-state index contributed by atoms with van der Waals surface area (Å²) >= 11 is 3.40. The Balaban J connectivity index is 1.80. The number of benzene rings is 2. The molecule has 2 aromatic rings. The highest BCUT2D eigenvalue weighted by molar-refractivity contribution is 8.03. The van der Waals surface area contributed by atoms with Gasteiger partial charge in [-0.25, -0.2) is 4.39 Å². The van der Waals surface area contributed by atoms with Gasteiger partial charge < -0.3 is 5.73 Å². The zero-order valence-electron chi connectivity index (χ0n) is 10.7. The van der Waals surface area contributed by atoms with Crippen LogP contribution in [0.25, 0.3) is 0 Å². The number of anilines is 1. The van der Waals surface area contributed by atoms with E-state index in [0.29, 0.717) is 5.69 Å². The van der Waals surface area contributed by atoms with Crippen molar-refractivity contribution in [3.8, 4) is 0 Å². The number of thioether (sulfide) groups is 2. The van der Waals surface area contributed by atoms with Crippen molar-refractivity contribution in [2.24, 2.45) is 0 Å². The maximum atomic E-state index is 13.1. The Morgan fingerprint density at radius 3 is 2.42 bits per heavy atom. The van der Waals surface area contributed by atoms with Gasteiger partial charge in [-0.05, 0) is 37.3 Å². The van der Waals surface area contributed by atoms with Gasteiger partial charge in [0, 0.05) is 27.0 Å². The second kappa shape index (κ2) is 6.87. The van der Waals surface area contributed by atoms with Crippen molar-refractivity contribution in [3.63, 3.8) is 0 Å². The van der Waals surface area contributed by atoms with Crippen LogP contribution in [0.4, 0.5) is 10.1 Å². The van der Waals surface area contributed by atoms with Gasteiger partial charge in [0.05, 0.1) is 0 Å². The van der Waals surface area contributed by atoms with Crippen LogP contribution in [0.3, 0.4) is 0 Å². The van der Waals surface area contributed by atoms with Crippen molar-refractivity contribution < 1.29 is 4.39 Å². The number of aryl methyl sites for hydroxylation is 1. The molecule has 0 aromatic heterocycles. The van der Waals surface area contributed by atoms with E-state index in [1.54, 1.807) is 29.6 Å². The van der Waals surface area contributed by atoms with Crippen LogP contribution in [-0.4, -0.2) is 11.5 Å². The lowest BCUT2D eigenvalue weighted by Crippen LogP contribution is -1.91. The molecular formula is C15H16FNS2. The predicted molar refractivity (Wildman–Crippen MR) is 83.4 cm³/mol. The molecule has 1 nitrogen and oxygen atoms in total. The van der Waals surface area contributed by atoms with Crippen LogP contribution >= 0.6 is 23.5 Å². The van der Waals surface area contributed by atoms with E-state index in [-0.39, 0.29) is 5.82 Å². The molecule has 4 heteroatoms. The van der Waals surface area contributed by atoms with E-state index < -0.39 is 0 Å². The highest BCUT2D eigenvalue weighted by Crippen LogP contribution is 2.27. The van der Waals surface area contributed by atoms with E-state index >= 15 is 0 Å². The first-order valence-electron chi connectivity index (χ1n) is 6.02. The number of hydrogen-bond donors (Lipinski definition) is 1. The lowest BCUT2D eigenvalue weighted by Gasteiger charge is -2.05. The second-order valence-electron chi connectivity index (χ2n) is 4.19. The summed E-state index contributed by atoms with van der Waals surface area (Å²) in [5, 5.41) is 0. The van der Waals surface area contributed by atoms with Gasteiger partial charge in [0.1, 0.15) is 5.82 Å². The van der Waals surface area contributed by atoms with Gasteiger partial charge in [-0.2, -0.15) is 0 Å². The van der Waals surface area contributed by atoms with Gasteiger partial charge in [-0.3, -0.25) is 0 Å². The molecule has 0 unspecified atom stereocenters. The van der Waals surface area contributed by atoms with Crippen molar-refractivity contribution in [1.82, 2.24) is 0 Å². The SMILES string of the molecule is Cc1ccc(SCCSc2cc(F)ccc2N)cc1. The maximum Gasteiger partial charge on any atom is 0.124 e. The van der Waals surface area contributed by atoms with Gasteiger partial charge in [0.2, 0.25) is 0 Å². The van der Waals surface area contributed by atoms with Gasteiger partial charge >= 0.3 is 0 Å². The van der Waals surface area contributed by atoms with E-state index in [9.17, 15) is 4.39 Å². The summed E-state index contributed by atoms with van der Waals surface area (Å²) in [6, 6.07) is 13.0. The third-order valence-corrected chi connectivity index (χ3v) is 4.95. The van der Waals surface area contributed by atoms with E-state index in [0.717, 1.165) is 16.4 Å². The standard InChI is InChI=1S/C15H16FNS2/c1-11-2-5-13(6-3-11)18-8-9-19-15-10-12(16)4-7-14(15)17/h2-7,10H,8-9,17H2,1H3. The molecule has 0 amide bonds. The van der Waals surface area contributed by atoms with Gasteiger partial charge in [-0.15, -0.1) is 23.5 Å². The summed E-state index contributed by atoms with van der Waals surface area (Å²) in [5.74, 6) is 1.65. The molecule has 0 spiro atoms. The number of rotatable bonds is 5. The summed E-state index contributed by atoms with van der Waals surface area (Å²) in [7, 11) is 0. The van der Waals surface area contributed by atoms with Crippen LogP contribution < -0.4 is 5.73 Å². The monoisotopic (exact) mass is 293 g/mol. The molecule has 0 heterocycles. The first kappa shape index (κ1) is 14.3. The third-order valence-electron chi connectivity index (χ3n) is 2.61. The van der Waals surface area contributed by atoms with Crippen LogP contribution in [0.15, 0.2) is 52.3 Å². The first-order chi connectivity index (χ1) is 9.15. The molecule has 2 N–H and O–H groups in total. The average Bonchev–Trinajstić information content (AvgIpc) is 2.40. The Morgan fingerprint density at radius 1 is 1.00 bits per heavy atom. The fourth-order valence-electron chi connectivity index (χ4n) is 1.58. The summed E-state index contributed by atoms with van der Waals surface area (Å²) in [6.07, 6.45) is 0. The summed E-state index contributed by atoms with van der Waals surface area (Å²) in [5.41, 5.74) is 7.72. The Bertz CT molecular complexity index is 540. The molecule has 0 saturated heterocycles. The lowest BCUT2D eigenvalue weighted by atomic mass is 10.2. The normalized spacial score (nSPS) is 10.6. The van der Waals surface area contributed by atoms with Gasteiger partial charge in [0.15, 0.2) is 0 Å². The van der Waals surface area contributed by atoms with Crippen molar-refractivity contribution in [3.05, 3.63) is 53.8 Å². The quantitative estimate of drug-likeness (QED) is 0.495. The molecule has 19 heavy (non-hydrogen) atoms. The summed E-state index contributed by atoms with van der Waals surface area (Å²) < 4.78 is 13.1. The Hall–Kier alpha value is -1.13. The molecule has 100 valence electrons. The molecule has 0 aliphatic rings. The minimum absolute atomic E-state index is 0.233. The number of nitrogen functional groups attached to an aromatic ring is 1. The number of halogens is 1. The number of hydrogen-bond acceptors (Lipinski definition) is 3. The van der Waals surface area contributed by atoms with Crippen LogP contribution in [0.2, 0.25) is 0 Å². The van der Waals surface area contributed by atoms with Crippen molar-refractivity contribution in [2.45, 2.75) is 16.7 Å². The Morgan fingerprint density at radius 2 is 1.68 bits per heavy atom. The Labute approximate surface area is 121 Å². The van der Waals surface area contributed by atoms with Crippen molar-refractivity contribution in [2.75, 3.05) is 17.2 Å². The highest BCUT2D eigenvalue weighted by Gasteiger charge is 2.02. The predicted octanol–water partition coefficient (Wildman–Crippen LogP) is 4.60. The van der Waals surface area contributed by atoms with Crippen LogP contribution in [-0.2, 0) is 0 Å². The fourth-order valence-corrected chi connectivity index (χ4v) is 3.46. The summed E-state index contributed by atoms with van der Waals surface area (Å²) in [6.45, 7) is 2.08.